The highest BCUT2D eigenvalue weighted by atomic mass is 16.5. The lowest BCUT2D eigenvalue weighted by Crippen LogP contribution is -2.14. The zero-order valence-corrected chi connectivity index (χ0v) is 20.1. The summed E-state index contributed by atoms with van der Waals surface area (Å²) in [6.45, 7) is 7.44. The zero-order valence-electron chi connectivity index (χ0n) is 20.1. The summed E-state index contributed by atoms with van der Waals surface area (Å²) in [5, 5.41) is 0. The standard InChI is InChI=1S/C27H44O4/c1-4-7-9-10-11-12-13-14-15-21-30-26(28)24-17-19-25(20-18-24)27(29)31-22-23(6-3)16-8-5-2/h17-20,23H,4-16,21-22H2,1-3H3. The molecule has 31 heavy (non-hydrogen) atoms. The van der Waals surface area contributed by atoms with Gasteiger partial charge in [-0.15, -0.1) is 0 Å². The second kappa shape index (κ2) is 17.8. The van der Waals surface area contributed by atoms with E-state index in [0.717, 1.165) is 38.5 Å². The summed E-state index contributed by atoms with van der Waals surface area (Å²) in [6.07, 6.45) is 15.5. The van der Waals surface area contributed by atoms with Gasteiger partial charge in [0.2, 0.25) is 0 Å². The van der Waals surface area contributed by atoms with E-state index in [1.54, 1.807) is 24.3 Å². The third-order valence-corrected chi connectivity index (χ3v) is 5.83. The second-order valence-electron chi connectivity index (χ2n) is 8.56. The van der Waals surface area contributed by atoms with Crippen LogP contribution < -0.4 is 0 Å². The van der Waals surface area contributed by atoms with Gasteiger partial charge in [0, 0.05) is 0 Å². The number of unbranched alkanes of at least 4 members (excludes halogenated alkanes) is 9. The monoisotopic (exact) mass is 432 g/mol. The van der Waals surface area contributed by atoms with Crippen molar-refractivity contribution in [2.24, 2.45) is 5.92 Å². The molecule has 0 N–H and O–H groups in total. The fourth-order valence-electron chi connectivity index (χ4n) is 3.58. The minimum Gasteiger partial charge on any atom is -0.462 e. The molecule has 0 aromatic heterocycles. The predicted octanol–water partition coefficient (Wildman–Crippen LogP) is 7.75. The van der Waals surface area contributed by atoms with Gasteiger partial charge < -0.3 is 9.47 Å². The van der Waals surface area contributed by atoms with E-state index in [2.05, 4.69) is 20.8 Å². The molecule has 4 nitrogen and oxygen atoms in total. The number of carbonyl (C=O) groups is 2. The Morgan fingerprint density at radius 3 is 1.68 bits per heavy atom. The molecule has 0 saturated heterocycles. The first-order valence-corrected chi connectivity index (χ1v) is 12.6. The highest BCUT2D eigenvalue weighted by molar-refractivity contribution is 5.93. The summed E-state index contributed by atoms with van der Waals surface area (Å²) >= 11 is 0. The first-order valence-electron chi connectivity index (χ1n) is 12.6. The van der Waals surface area contributed by atoms with Gasteiger partial charge in [0.25, 0.3) is 0 Å². The van der Waals surface area contributed by atoms with E-state index in [1.165, 1.54) is 44.9 Å². The van der Waals surface area contributed by atoms with Crippen LogP contribution in [0.4, 0.5) is 0 Å². The van der Waals surface area contributed by atoms with Crippen LogP contribution in [0.3, 0.4) is 0 Å². The molecule has 1 unspecified atom stereocenters. The molecule has 176 valence electrons. The van der Waals surface area contributed by atoms with Gasteiger partial charge in [-0.3, -0.25) is 0 Å². The Morgan fingerprint density at radius 2 is 1.16 bits per heavy atom. The number of benzene rings is 1. The van der Waals surface area contributed by atoms with Crippen molar-refractivity contribution in [2.45, 2.75) is 104 Å². The molecule has 0 aliphatic heterocycles. The van der Waals surface area contributed by atoms with Crippen molar-refractivity contribution < 1.29 is 19.1 Å². The van der Waals surface area contributed by atoms with E-state index in [1.807, 2.05) is 0 Å². The fraction of sp³-hybridized carbons (Fsp3) is 0.704. The maximum absolute atomic E-state index is 12.3. The van der Waals surface area contributed by atoms with E-state index in [-0.39, 0.29) is 11.9 Å². The van der Waals surface area contributed by atoms with Crippen molar-refractivity contribution in [3.8, 4) is 0 Å². The molecule has 1 aromatic rings. The molecule has 4 heteroatoms. The summed E-state index contributed by atoms with van der Waals surface area (Å²) in [4.78, 5) is 24.4. The summed E-state index contributed by atoms with van der Waals surface area (Å²) in [7, 11) is 0. The molecule has 0 bridgehead atoms. The Kier molecular flexibility index (Phi) is 15.6. The topological polar surface area (TPSA) is 52.6 Å². The molecule has 0 aliphatic carbocycles. The molecule has 0 amide bonds. The maximum atomic E-state index is 12.3. The molecule has 0 radical (unpaired) electrons. The molecule has 0 aliphatic rings. The second-order valence-corrected chi connectivity index (χ2v) is 8.56. The summed E-state index contributed by atoms with van der Waals surface area (Å²) in [5.74, 6) is -0.242. The molecular formula is C27H44O4. The van der Waals surface area contributed by atoms with Crippen LogP contribution in [0.1, 0.15) is 125 Å². The number of carbonyl (C=O) groups excluding carboxylic acids is 2. The maximum Gasteiger partial charge on any atom is 0.338 e. The normalized spacial score (nSPS) is 11.8. The Labute approximate surface area is 190 Å². The van der Waals surface area contributed by atoms with Crippen LogP contribution >= 0.6 is 0 Å². The van der Waals surface area contributed by atoms with E-state index in [4.69, 9.17) is 9.47 Å². The van der Waals surface area contributed by atoms with Crippen molar-refractivity contribution in [1.29, 1.82) is 0 Å². The molecule has 0 saturated carbocycles. The first kappa shape index (κ1) is 27.2. The Hall–Kier alpha value is -1.84. The number of ether oxygens (including phenoxy) is 2. The Balaban J connectivity index is 2.23. The van der Waals surface area contributed by atoms with Gasteiger partial charge >= 0.3 is 11.9 Å². The van der Waals surface area contributed by atoms with Crippen molar-refractivity contribution >= 4 is 11.9 Å². The molecule has 0 spiro atoms. The lowest BCUT2D eigenvalue weighted by molar-refractivity contribution is 0.0425. The summed E-state index contributed by atoms with van der Waals surface area (Å²) in [5.41, 5.74) is 0.947. The lowest BCUT2D eigenvalue weighted by atomic mass is 10.0. The molecule has 0 fully saturated rings. The third-order valence-electron chi connectivity index (χ3n) is 5.83. The van der Waals surface area contributed by atoms with Gasteiger partial charge in [-0.25, -0.2) is 9.59 Å². The molecule has 1 aromatic carbocycles. The van der Waals surface area contributed by atoms with Crippen molar-refractivity contribution in [2.75, 3.05) is 13.2 Å². The molecule has 1 rings (SSSR count). The van der Waals surface area contributed by atoms with Crippen LogP contribution in [0, 0.1) is 5.92 Å². The number of esters is 2. The highest BCUT2D eigenvalue weighted by Crippen LogP contribution is 2.15. The summed E-state index contributed by atoms with van der Waals surface area (Å²) < 4.78 is 10.8. The molecule has 0 heterocycles. The van der Waals surface area contributed by atoms with E-state index in [9.17, 15) is 9.59 Å². The Morgan fingerprint density at radius 1 is 0.677 bits per heavy atom. The van der Waals surface area contributed by atoms with Gasteiger partial charge in [-0.05, 0) is 43.0 Å². The van der Waals surface area contributed by atoms with Gasteiger partial charge in [-0.2, -0.15) is 0 Å². The minimum atomic E-state index is -0.329. The van der Waals surface area contributed by atoms with E-state index >= 15 is 0 Å². The van der Waals surface area contributed by atoms with Crippen LogP contribution in [0.5, 0.6) is 0 Å². The average molecular weight is 433 g/mol. The van der Waals surface area contributed by atoms with Gasteiger partial charge in [0.15, 0.2) is 0 Å². The lowest BCUT2D eigenvalue weighted by Gasteiger charge is -2.14. The number of rotatable bonds is 18. The zero-order chi connectivity index (χ0) is 22.7. The highest BCUT2D eigenvalue weighted by Gasteiger charge is 2.13. The van der Waals surface area contributed by atoms with Crippen molar-refractivity contribution in [1.82, 2.24) is 0 Å². The van der Waals surface area contributed by atoms with Crippen molar-refractivity contribution in [3.63, 3.8) is 0 Å². The fourth-order valence-corrected chi connectivity index (χ4v) is 3.58. The molecular weight excluding hydrogens is 388 g/mol. The van der Waals surface area contributed by atoms with Crippen LogP contribution in [0.25, 0.3) is 0 Å². The van der Waals surface area contributed by atoms with Crippen LogP contribution in [0.15, 0.2) is 24.3 Å². The summed E-state index contributed by atoms with van der Waals surface area (Å²) in [6, 6.07) is 6.57. The Bertz CT molecular complexity index is 594. The quantitative estimate of drug-likeness (QED) is 0.176. The molecule has 1 atom stereocenters. The minimum absolute atomic E-state index is 0.329. The SMILES string of the molecule is CCCCCCCCCCCOC(=O)c1ccc(C(=O)OCC(CC)CCCC)cc1. The first-order chi connectivity index (χ1) is 15.1. The van der Waals surface area contributed by atoms with E-state index < -0.39 is 0 Å². The third kappa shape index (κ3) is 12.6. The smallest absolute Gasteiger partial charge is 0.338 e. The van der Waals surface area contributed by atoms with Crippen LogP contribution in [0.2, 0.25) is 0 Å². The van der Waals surface area contributed by atoms with Gasteiger partial charge in [-0.1, -0.05) is 91.4 Å². The largest absolute Gasteiger partial charge is 0.462 e. The van der Waals surface area contributed by atoms with Crippen molar-refractivity contribution in [3.05, 3.63) is 35.4 Å². The van der Waals surface area contributed by atoms with Gasteiger partial charge in [0.1, 0.15) is 0 Å². The van der Waals surface area contributed by atoms with Crippen LogP contribution in [-0.4, -0.2) is 25.2 Å². The van der Waals surface area contributed by atoms with Crippen LogP contribution in [-0.2, 0) is 9.47 Å². The number of hydrogen-bond acceptors (Lipinski definition) is 4. The predicted molar refractivity (Wildman–Crippen MR) is 128 cm³/mol. The van der Waals surface area contributed by atoms with Gasteiger partial charge in [0.05, 0.1) is 24.3 Å². The average Bonchev–Trinajstić information content (AvgIpc) is 2.80. The number of hydrogen-bond donors (Lipinski definition) is 0. The van der Waals surface area contributed by atoms with E-state index in [0.29, 0.717) is 30.3 Å².